The summed E-state index contributed by atoms with van der Waals surface area (Å²) in [6.45, 7) is 6.78. The van der Waals surface area contributed by atoms with Gasteiger partial charge in [-0.1, -0.05) is 32.4 Å². The lowest BCUT2D eigenvalue weighted by molar-refractivity contribution is -0.146. The highest BCUT2D eigenvalue weighted by atomic mass is 16.4. The van der Waals surface area contributed by atoms with Crippen LogP contribution in [0.4, 0.5) is 0 Å². The van der Waals surface area contributed by atoms with E-state index in [0.29, 0.717) is 17.8 Å². The Hall–Kier alpha value is -0.830. The Kier molecular flexibility index (Phi) is 4.10. The summed E-state index contributed by atoms with van der Waals surface area (Å²) in [6, 6.07) is 0. The van der Waals surface area contributed by atoms with E-state index >= 15 is 0 Å². The van der Waals surface area contributed by atoms with Crippen molar-refractivity contribution in [2.75, 3.05) is 0 Å². The SMILES string of the molecule is C[C@H](C(=O)O)[C@H]1CCC2[C@@H]3CC=C4C[C@@H](O)CC[C@]4(C)C3CC[C@@]21C. The number of aliphatic hydroxyl groups excluding tert-OH is 1. The zero-order chi connectivity index (χ0) is 18.0. The van der Waals surface area contributed by atoms with Gasteiger partial charge in [0, 0.05) is 0 Å². The maximum atomic E-state index is 11.6. The van der Waals surface area contributed by atoms with Gasteiger partial charge in [0.05, 0.1) is 12.0 Å². The Morgan fingerprint density at radius 2 is 1.92 bits per heavy atom. The van der Waals surface area contributed by atoms with Crippen molar-refractivity contribution < 1.29 is 15.0 Å². The van der Waals surface area contributed by atoms with Crippen LogP contribution in [0.2, 0.25) is 0 Å². The van der Waals surface area contributed by atoms with E-state index < -0.39 is 5.97 Å². The fraction of sp³-hybridized carbons (Fsp3) is 0.864. The molecule has 140 valence electrons. The third-order valence-electron chi connectivity index (χ3n) is 9.14. The smallest absolute Gasteiger partial charge is 0.306 e. The molecular formula is C22H34O3. The molecular weight excluding hydrogens is 312 g/mol. The van der Waals surface area contributed by atoms with Crippen molar-refractivity contribution in [3.05, 3.63) is 11.6 Å². The van der Waals surface area contributed by atoms with Crippen LogP contribution in [-0.4, -0.2) is 22.3 Å². The lowest BCUT2D eigenvalue weighted by Crippen LogP contribution is -2.51. The third kappa shape index (κ3) is 2.44. The number of aliphatic carboxylic acids is 1. The Morgan fingerprint density at radius 3 is 2.64 bits per heavy atom. The maximum Gasteiger partial charge on any atom is 0.306 e. The van der Waals surface area contributed by atoms with E-state index in [-0.39, 0.29) is 22.9 Å². The first-order valence-electron chi connectivity index (χ1n) is 10.4. The number of carbonyl (C=O) groups is 1. The first-order chi connectivity index (χ1) is 11.8. The van der Waals surface area contributed by atoms with E-state index in [0.717, 1.165) is 38.0 Å². The molecule has 0 radical (unpaired) electrons. The molecule has 8 atom stereocenters. The predicted molar refractivity (Wildman–Crippen MR) is 98.0 cm³/mol. The zero-order valence-corrected chi connectivity index (χ0v) is 16.0. The molecule has 3 heteroatoms. The molecule has 0 spiro atoms. The minimum Gasteiger partial charge on any atom is -0.481 e. The van der Waals surface area contributed by atoms with Crippen molar-refractivity contribution in [2.24, 2.45) is 40.4 Å². The van der Waals surface area contributed by atoms with Crippen molar-refractivity contribution in [3.63, 3.8) is 0 Å². The topological polar surface area (TPSA) is 57.5 Å². The quantitative estimate of drug-likeness (QED) is 0.716. The monoisotopic (exact) mass is 346 g/mol. The van der Waals surface area contributed by atoms with E-state index in [4.69, 9.17) is 0 Å². The minimum absolute atomic E-state index is 0.142. The van der Waals surface area contributed by atoms with Crippen LogP contribution in [-0.2, 0) is 4.79 Å². The van der Waals surface area contributed by atoms with E-state index in [2.05, 4.69) is 19.9 Å². The van der Waals surface area contributed by atoms with Crippen LogP contribution in [0.3, 0.4) is 0 Å². The molecule has 0 aromatic rings. The number of carboxylic acid groups (broad SMARTS) is 1. The van der Waals surface area contributed by atoms with Gasteiger partial charge < -0.3 is 10.2 Å². The average Bonchev–Trinajstić information content (AvgIpc) is 2.92. The molecule has 3 nitrogen and oxygen atoms in total. The standard InChI is InChI=1S/C22H34O3/c1-13(20(24)25)17-6-7-18-16-5-4-14-12-15(23)8-10-21(14,2)19(16)9-11-22(17,18)3/h4,13,15-19,23H,5-12H2,1-3H3,(H,24,25)/t13-,15-,16-,17+,18?,19?,21-,22+/m0/s1. The Labute approximate surface area is 151 Å². The van der Waals surface area contributed by atoms with Crippen LogP contribution < -0.4 is 0 Å². The molecule has 2 N–H and O–H groups in total. The highest BCUT2D eigenvalue weighted by molar-refractivity contribution is 5.70. The molecule has 25 heavy (non-hydrogen) atoms. The molecule has 4 aliphatic rings. The summed E-state index contributed by atoms with van der Waals surface area (Å²) in [5, 5.41) is 19.7. The van der Waals surface area contributed by atoms with Crippen molar-refractivity contribution >= 4 is 5.97 Å². The molecule has 0 aromatic carbocycles. The molecule has 0 heterocycles. The Balaban J connectivity index is 1.63. The van der Waals surface area contributed by atoms with Gasteiger partial charge in [0.1, 0.15) is 0 Å². The van der Waals surface area contributed by atoms with Gasteiger partial charge in [-0.05, 0) is 85.9 Å². The summed E-state index contributed by atoms with van der Waals surface area (Å²) in [5.41, 5.74) is 2.00. The van der Waals surface area contributed by atoms with E-state index in [9.17, 15) is 15.0 Å². The molecule has 4 aliphatic carbocycles. The summed E-state index contributed by atoms with van der Waals surface area (Å²) >= 11 is 0. The second-order valence-electron chi connectivity index (χ2n) is 10.0. The lowest BCUT2D eigenvalue weighted by Gasteiger charge is -2.58. The van der Waals surface area contributed by atoms with Crippen molar-refractivity contribution in [1.82, 2.24) is 0 Å². The van der Waals surface area contributed by atoms with E-state index in [1.165, 1.54) is 24.8 Å². The van der Waals surface area contributed by atoms with Crippen LogP contribution in [0.25, 0.3) is 0 Å². The van der Waals surface area contributed by atoms with Crippen LogP contribution in [0, 0.1) is 40.4 Å². The number of rotatable bonds is 2. The maximum absolute atomic E-state index is 11.6. The summed E-state index contributed by atoms with van der Waals surface area (Å²) in [7, 11) is 0. The Bertz CT molecular complexity index is 596. The van der Waals surface area contributed by atoms with Gasteiger partial charge in [-0.2, -0.15) is 0 Å². The molecule has 0 saturated heterocycles. The summed E-state index contributed by atoms with van der Waals surface area (Å²) < 4.78 is 0. The second kappa shape index (κ2) is 5.84. The number of hydrogen-bond donors (Lipinski definition) is 2. The summed E-state index contributed by atoms with van der Waals surface area (Å²) in [4.78, 5) is 11.6. The lowest BCUT2D eigenvalue weighted by atomic mass is 9.47. The Morgan fingerprint density at radius 1 is 1.16 bits per heavy atom. The largest absolute Gasteiger partial charge is 0.481 e. The zero-order valence-electron chi connectivity index (χ0n) is 16.0. The average molecular weight is 347 g/mol. The van der Waals surface area contributed by atoms with Crippen LogP contribution in [0.15, 0.2) is 11.6 Å². The first kappa shape index (κ1) is 17.6. The van der Waals surface area contributed by atoms with Gasteiger partial charge in [-0.15, -0.1) is 0 Å². The second-order valence-corrected chi connectivity index (χ2v) is 10.0. The van der Waals surface area contributed by atoms with Gasteiger partial charge in [0.2, 0.25) is 0 Å². The number of carboxylic acids is 1. The van der Waals surface area contributed by atoms with Gasteiger partial charge in [0.25, 0.3) is 0 Å². The molecule has 3 fully saturated rings. The number of fused-ring (bicyclic) bond motifs is 5. The van der Waals surface area contributed by atoms with Crippen LogP contribution in [0.5, 0.6) is 0 Å². The number of aliphatic hydroxyl groups is 1. The van der Waals surface area contributed by atoms with Crippen LogP contribution in [0.1, 0.15) is 72.1 Å². The minimum atomic E-state index is -0.618. The van der Waals surface area contributed by atoms with E-state index in [1.807, 2.05) is 6.92 Å². The number of hydrogen-bond acceptors (Lipinski definition) is 2. The summed E-state index contributed by atoms with van der Waals surface area (Å²) in [6.07, 6.45) is 11.1. The molecule has 2 unspecified atom stereocenters. The highest BCUT2D eigenvalue weighted by Gasteiger charge is 2.59. The highest BCUT2D eigenvalue weighted by Crippen LogP contribution is 2.67. The predicted octanol–water partition coefficient (Wildman–Crippen LogP) is 4.65. The molecule has 0 aromatic heterocycles. The van der Waals surface area contributed by atoms with Gasteiger partial charge in [-0.3, -0.25) is 4.79 Å². The molecule has 0 aliphatic heterocycles. The number of allylic oxidation sites excluding steroid dienone is 1. The van der Waals surface area contributed by atoms with E-state index in [1.54, 1.807) is 0 Å². The van der Waals surface area contributed by atoms with Gasteiger partial charge >= 0.3 is 5.97 Å². The summed E-state index contributed by atoms with van der Waals surface area (Å²) in [5.74, 6) is 1.63. The molecule has 4 rings (SSSR count). The van der Waals surface area contributed by atoms with Gasteiger partial charge in [-0.25, -0.2) is 0 Å². The van der Waals surface area contributed by atoms with Gasteiger partial charge in [0.15, 0.2) is 0 Å². The molecule has 3 saturated carbocycles. The molecule has 0 amide bonds. The van der Waals surface area contributed by atoms with Crippen molar-refractivity contribution in [2.45, 2.75) is 78.2 Å². The van der Waals surface area contributed by atoms with Crippen molar-refractivity contribution in [1.29, 1.82) is 0 Å². The molecule has 0 bridgehead atoms. The fourth-order valence-corrected chi connectivity index (χ4v) is 7.68. The third-order valence-corrected chi connectivity index (χ3v) is 9.14. The fourth-order valence-electron chi connectivity index (χ4n) is 7.68. The normalized spacial score (nSPS) is 50.2. The first-order valence-corrected chi connectivity index (χ1v) is 10.4. The van der Waals surface area contributed by atoms with Crippen molar-refractivity contribution in [3.8, 4) is 0 Å². The van der Waals surface area contributed by atoms with Crippen LogP contribution >= 0.6 is 0 Å².